The van der Waals surface area contributed by atoms with Gasteiger partial charge in [0.15, 0.2) is 12.5 Å². The summed E-state index contributed by atoms with van der Waals surface area (Å²) in [5.74, 6) is 0. The van der Waals surface area contributed by atoms with Crippen molar-refractivity contribution < 1.29 is 19.3 Å². The molecule has 6 atom stereocenters. The Hall–Kier alpha value is -1.67. The first kappa shape index (κ1) is 14.3. The van der Waals surface area contributed by atoms with E-state index in [2.05, 4.69) is 10.0 Å². The lowest BCUT2D eigenvalue weighted by Gasteiger charge is -2.46. The fraction of sp³-hybridized carbons (Fsp3) is 0.538. The zero-order valence-corrected chi connectivity index (χ0v) is 11.1. The summed E-state index contributed by atoms with van der Waals surface area (Å²) in [7, 11) is 0. The van der Waals surface area contributed by atoms with E-state index in [0.29, 0.717) is 0 Å². The highest BCUT2D eigenvalue weighted by molar-refractivity contribution is 5.16. The predicted molar refractivity (Wildman–Crippen MR) is 71.8 cm³/mol. The molecule has 0 aliphatic carbocycles. The van der Waals surface area contributed by atoms with Gasteiger partial charge in [0, 0.05) is 10.5 Å². The summed E-state index contributed by atoms with van der Waals surface area (Å²) in [6.07, 6.45) is -3.63. The van der Waals surface area contributed by atoms with Gasteiger partial charge in [0.05, 0.1) is 12.6 Å². The normalized spacial score (nSPS) is 39.1. The van der Waals surface area contributed by atoms with E-state index in [1.165, 1.54) is 0 Å². The van der Waals surface area contributed by atoms with E-state index in [1.54, 1.807) is 0 Å². The van der Waals surface area contributed by atoms with Crippen LogP contribution < -0.4 is 5.73 Å². The van der Waals surface area contributed by atoms with Crippen LogP contribution in [0, 0.1) is 0 Å². The van der Waals surface area contributed by atoms with Crippen LogP contribution in [-0.2, 0) is 14.2 Å². The molecule has 2 aliphatic rings. The number of azide groups is 1. The van der Waals surface area contributed by atoms with E-state index in [4.69, 9.17) is 25.5 Å². The van der Waals surface area contributed by atoms with Crippen LogP contribution in [0.25, 0.3) is 10.4 Å². The molecule has 3 N–H and O–H groups in total. The van der Waals surface area contributed by atoms with Crippen molar-refractivity contribution >= 4 is 0 Å². The van der Waals surface area contributed by atoms with Crippen LogP contribution in [0.1, 0.15) is 11.9 Å². The van der Waals surface area contributed by atoms with Gasteiger partial charge in [-0.3, -0.25) is 0 Å². The molecular formula is C13H16N4O4. The van der Waals surface area contributed by atoms with E-state index >= 15 is 0 Å². The number of fused-ring (bicyclic) bond motifs is 1. The fourth-order valence-corrected chi connectivity index (χ4v) is 2.56. The molecule has 0 spiro atoms. The van der Waals surface area contributed by atoms with Crippen LogP contribution in [0.3, 0.4) is 0 Å². The smallest absolute Gasteiger partial charge is 0.184 e. The van der Waals surface area contributed by atoms with Crippen molar-refractivity contribution in [2.75, 3.05) is 6.61 Å². The molecule has 0 aromatic heterocycles. The zero-order valence-electron chi connectivity index (χ0n) is 11.1. The minimum atomic E-state index is -0.991. The van der Waals surface area contributed by atoms with E-state index < -0.39 is 36.9 Å². The zero-order chi connectivity index (χ0) is 14.8. The number of aliphatic hydroxyl groups excluding tert-OH is 1. The van der Waals surface area contributed by atoms with E-state index in [-0.39, 0.29) is 6.61 Å². The average Bonchev–Trinajstić information content (AvgIpc) is 2.53. The van der Waals surface area contributed by atoms with Crippen LogP contribution >= 0.6 is 0 Å². The van der Waals surface area contributed by atoms with Gasteiger partial charge < -0.3 is 25.1 Å². The highest BCUT2D eigenvalue weighted by Crippen LogP contribution is 2.33. The number of ether oxygens (including phenoxy) is 3. The van der Waals surface area contributed by atoms with Crippen molar-refractivity contribution in [3.63, 3.8) is 0 Å². The molecule has 0 saturated carbocycles. The van der Waals surface area contributed by atoms with Gasteiger partial charge in [-0.2, -0.15) is 0 Å². The maximum absolute atomic E-state index is 10.3. The highest BCUT2D eigenvalue weighted by Gasteiger charge is 2.47. The Bertz CT molecular complexity index is 534. The number of hydrogen-bond acceptors (Lipinski definition) is 6. The first-order valence-corrected chi connectivity index (χ1v) is 6.66. The second-order valence-electron chi connectivity index (χ2n) is 5.01. The minimum absolute atomic E-state index is 0.228. The summed E-state index contributed by atoms with van der Waals surface area (Å²) in [5, 5.41) is 13.7. The molecule has 6 unspecified atom stereocenters. The molecule has 2 aliphatic heterocycles. The minimum Gasteiger partial charge on any atom is -0.389 e. The van der Waals surface area contributed by atoms with Crippen LogP contribution in [0.2, 0.25) is 0 Å². The van der Waals surface area contributed by atoms with Crippen LogP contribution in [0.5, 0.6) is 0 Å². The third-order valence-electron chi connectivity index (χ3n) is 3.67. The Morgan fingerprint density at radius 3 is 2.76 bits per heavy atom. The van der Waals surface area contributed by atoms with Gasteiger partial charge in [-0.25, -0.2) is 0 Å². The summed E-state index contributed by atoms with van der Waals surface area (Å²) < 4.78 is 16.9. The van der Waals surface area contributed by atoms with Gasteiger partial charge in [-0.15, -0.1) is 0 Å². The number of nitrogens with two attached hydrogens (primary N) is 1. The number of benzene rings is 1. The highest BCUT2D eigenvalue weighted by atomic mass is 16.7. The molecule has 1 aromatic rings. The Kier molecular flexibility index (Phi) is 4.07. The molecule has 1 aromatic carbocycles. The van der Waals surface area contributed by atoms with Crippen molar-refractivity contribution in [3.8, 4) is 0 Å². The van der Waals surface area contributed by atoms with Crippen molar-refractivity contribution in [3.05, 3.63) is 46.3 Å². The Morgan fingerprint density at radius 2 is 2.05 bits per heavy atom. The van der Waals surface area contributed by atoms with E-state index in [0.717, 1.165) is 5.56 Å². The molecule has 112 valence electrons. The van der Waals surface area contributed by atoms with Crippen molar-refractivity contribution in [1.82, 2.24) is 0 Å². The number of aliphatic hydroxyl groups is 1. The van der Waals surface area contributed by atoms with E-state index in [1.807, 2.05) is 30.3 Å². The molecule has 21 heavy (non-hydrogen) atoms. The molecule has 0 bridgehead atoms. The third kappa shape index (κ3) is 2.73. The molecular weight excluding hydrogens is 276 g/mol. The van der Waals surface area contributed by atoms with Gasteiger partial charge in [-0.05, 0) is 5.53 Å². The summed E-state index contributed by atoms with van der Waals surface area (Å²) in [6, 6.07) is 8.58. The molecule has 0 amide bonds. The first-order chi connectivity index (χ1) is 10.2. The quantitative estimate of drug-likeness (QED) is 0.474. The number of nitrogens with zero attached hydrogens (tertiary/aromatic N) is 3. The van der Waals surface area contributed by atoms with Crippen molar-refractivity contribution in [2.24, 2.45) is 10.8 Å². The maximum Gasteiger partial charge on any atom is 0.184 e. The summed E-state index contributed by atoms with van der Waals surface area (Å²) >= 11 is 0. The molecule has 2 fully saturated rings. The third-order valence-corrected chi connectivity index (χ3v) is 3.67. The summed E-state index contributed by atoms with van der Waals surface area (Å²) in [4.78, 5) is 2.67. The lowest BCUT2D eigenvalue weighted by Crippen LogP contribution is -2.63. The first-order valence-electron chi connectivity index (χ1n) is 6.66. The standard InChI is InChI=1S/C13H16N4O4/c14-9-10(18)11-8(20-12(9)16-17-15)6-19-13(21-11)7-4-2-1-3-5-7/h1-5,8-13,18H,6,14H2. The van der Waals surface area contributed by atoms with Crippen molar-refractivity contribution in [1.29, 1.82) is 0 Å². The lowest BCUT2D eigenvalue weighted by molar-refractivity contribution is -0.312. The second-order valence-corrected chi connectivity index (χ2v) is 5.01. The number of rotatable bonds is 2. The fourth-order valence-electron chi connectivity index (χ4n) is 2.56. The lowest BCUT2D eigenvalue weighted by atomic mass is 9.96. The summed E-state index contributed by atoms with van der Waals surface area (Å²) in [5.41, 5.74) is 15.2. The van der Waals surface area contributed by atoms with Crippen LogP contribution in [0.4, 0.5) is 0 Å². The Balaban J connectivity index is 1.76. The number of hydrogen-bond donors (Lipinski definition) is 2. The maximum atomic E-state index is 10.3. The van der Waals surface area contributed by atoms with Gasteiger partial charge >= 0.3 is 0 Å². The van der Waals surface area contributed by atoms with Crippen molar-refractivity contribution in [2.45, 2.75) is 36.9 Å². The molecule has 2 saturated heterocycles. The van der Waals surface area contributed by atoms with Gasteiger partial charge in [0.2, 0.25) is 0 Å². The molecule has 8 nitrogen and oxygen atoms in total. The van der Waals surface area contributed by atoms with Crippen LogP contribution in [-0.4, -0.2) is 42.3 Å². The molecule has 8 heteroatoms. The molecule has 0 radical (unpaired) electrons. The largest absolute Gasteiger partial charge is 0.389 e. The topological polar surface area (TPSA) is 123 Å². The Labute approximate surface area is 121 Å². The Morgan fingerprint density at radius 1 is 1.29 bits per heavy atom. The van der Waals surface area contributed by atoms with Crippen LogP contribution in [0.15, 0.2) is 35.4 Å². The second kappa shape index (κ2) is 5.98. The molecule has 2 heterocycles. The molecule has 3 rings (SSSR count). The van der Waals surface area contributed by atoms with Gasteiger partial charge in [0.25, 0.3) is 0 Å². The summed E-state index contributed by atoms with van der Waals surface area (Å²) in [6.45, 7) is 0.228. The predicted octanol–water partition coefficient (Wildman–Crippen LogP) is 0.824. The van der Waals surface area contributed by atoms with Gasteiger partial charge in [-0.1, -0.05) is 35.4 Å². The van der Waals surface area contributed by atoms with E-state index in [9.17, 15) is 5.11 Å². The monoisotopic (exact) mass is 292 g/mol. The van der Waals surface area contributed by atoms with Gasteiger partial charge in [0.1, 0.15) is 18.3 Å². The average molecular weight is 292 g/mol. The SMILES string of the molecule is [N-]=[N+]=NC1OC2COC(c3ccccc3)OC2C(O)C1N.